The Hall–Kier alpha value is -1.46. The molecule has 24 heavy (non-hydrogen) atoms. The van der Waals surface area contributed by atoms with E-state index < -0.39 is 5.97 Å². The molecule has 7 heteroatoms. The zero-order valence-electron chi connectivity index (χ0n) is 13.8. The van der Waals surface area contributed by atoms with E-state index in [0.717, 1.165) is 5.56 Å². The van der Waals surface area contributed by atoms with Crippen LogP contribution in [0.1, 0.15) is 44.2 Å². The smallest absolute Gasteiger partial charge is 0.317 e. The second-order valence-electron chi connectivity index (χ2n) is 6.29. The summed E-state index contributed by atoms with van der Waals surface area (Å²) in [5, 5.41) is 13.1. The summed E-state index contributed by atoms with van der Waals surface area (Å²) in [7, 11) is 1.72. The minimum Gasteiger partial charge on any atom is -0.481 e. The van der Waals surface area contributed by atoms with Crippen molar-refractivity contribution >= 4 is 35.2 Å². The monoisotopic (exact) mass is 372 g/mol. The van der Waals surface area contributed by atoms with Gasteiger partial charge in [0.05, 0.1) is 12.0 Å². The Bertz CT molecular complexity index is 616. The third-order valence-corrected chi connectivity index (χ3v) is 5.28. The molecule has 0 heterocycles. The van der Waals surface area contributed by atoms with E-state index in [2.05, 4.69) is 5.32 Å². The van der Waals surface area contributed by atoms with Crippen molar-refractivity contribution in [2.45, 2.75) is 44.7 Å². The summed E-state index contributed by atoms with van der Waals surface area (Å²) in [6, 6.07) is 4.85. The molecule has 1 aromatic rings. The Morgan fingerprint density at radius 3 is 2.42 bits per heavy atom. The highest BCUT2D eigenvalue weighted by Gasteiger charge is 2.28. The molecule has 0 radical (unpaired) electrons. The first kappa shape index (κ1) is 18.9. The first-order chi connectivity index (χ1) is 11.3. The predicted octanol–water partition coefficient (Wildman–Crippen LogP) is 4.34. The van der Waals surface area contributed by atoms with Gasteiger partial charge in [-0.25, -0.2) is 4.79 Å². The van der Waals surface area contributed by atoms with Crippen molar-refractivity contribution < 1.29 is 14.7 Å². The maximum Gasteiger partial charge on any atom is 0.317 e. The zero-order chi connectivity index (χ0) is 17.9. The SMILES string of the molecule is CC(c1ccc(Cl)cc1Cl)N(C)C(=O)NC1CCC(C(=O)O)CC1. The van der Waals surface area contributed by atoms with Crippen molar-refractivity contribution in [3.63, 3.8) is 0 Å². The van der Waals surface area contributed by atoms with Gasteiger partial charge in [0.25, 0.3) is 0 Å². The van der Waals surface area contributed by atoms with Gasteiger partial charge in [-0.3, -0.25) is 4.79 Å². The minimum absolute atomic E-state index is 0.0171. The van der Waals surface area contributed by atoms with Crippen LogP contribution in [0, 0.1) is 5.92 Å². The van der Waals surface area contributed by atoms with Crippen molar-refractivity contribution in [1.29, 1.82) is 0 Å². The van der Waals surface area contributed by atoms with E-state index in [-0.39, 0.29) is 24.0 Å². The highest BCUT2D eigenvalue weighted by Crippen LogP contribution is 2.29. The third kappa shape index (κ3) is 4.54. The largest absolute Gasteiger partial charge is 0.481 e. The van der Waals surface area contributed by atoms with Crippen LogP contribution in [0.5, 0.6) is 0 Å². The lowest BCUT2D eigenvalue weighted by Gasteiger charge is -2.31. The molecule has 2 N–H and O–H groups in total. The zero-order valence-corrected chi connectivity index (χ0v) is 15.3. The second-order valence-corrected chi connectivity index (χ2v) is 7.13. The molecule has 0 bridgehead atoms. The van der Waals surface area contributed by atoms with E-state index in [0.29, 0.717) is 35.7 Å². The van der Waals surface area contributed by atoms with Crippen LogP contribution < -0.4 is 5.32 Å². The molecular formula is C17H22Cl2N2O3. The molecule has 1 atom stereocenters. The number of benzene rings is 1. The number of carboxylic acids is 1. The second kappa shape index (κ2) is 8.08. The maximum absolute atomic E-state index is 12.4. The number of carboxylic acid groups (broad SMARTS) is 1. The van der Waals surface area contributed by atoms with Crippen LogP contribution in [0.25, 0.3) is 0 Å². The number of nitrogens with one attached hydrogen (secondary N) is 1. The average molecular weight is 373 g/mol. The number of carbonyl (C=O) groups is 2. The molecule has 2 amide bonds. The summed E-state index contributed by atoms with van der Waals surface area (Å²) in [4.78, 5) is 25.0. The molecule has 1 unspecified atom stereocenters. The lowest BCUT2D eigenvalue weighted by Crippen LogP contribution is -2.45. The summed E-state index contributed by atoms with van der Waals surface area (Å²) < 4.78 is 0. The van der Waals surface area contributed by atoms with Crippen molar-refractivity contribution in [1.82, 2.24) is 10.2 Å². The maximum atomic E-state index is 12.4. The molecule has 132 valence electrons. The van der Waals surface area contributed by atoms with Crippen LogP contribution in [0.15, 0.2) is 18.2 Å². The molecule has 1 aromatic carbocycles. The Balaban J connectivity index is 1.93. The first-order valence-corrected chi connectivity index (χ1v) is 8.76. The molecule has 1 saturated carbocycles. The Morgan fingerprint density at radius 2 is 1.88 bits per heavy atom. The van der Waals surface area contributed by atoms with Crippen LogP contribution in [0.3, 0.4) is 0 Å². The molecule has 5 nitrogen and oxygen atoms in total. The normalized spacial score (nSPS) is 21.8. The van der Waals surface area contributed by atoms with Crippen LogP contribution in [0.2, 0.25) is 10.0 Å². The van der Waals surface area contributed by atoms with Crippen molar-refractivity contribution in [3.05, 3.63) is 33.8 Å². The van der Waals surface area contributed by atoms with Crippen molar-refractivity contribution in [2.75, 3.05) is 7.05 Å². The number of urea groups is 1. The van der Waals surface area contributed by atoms with E-state index in [1.807, 2.05) is 13.0 Å². The number of nitrogens with zero attached hydrogens (tertiary/aromatic N) is 1. The summed E-state index contributed by atoms with van der Waals surface area (Å²) in [5.74, 6) is -1.04. The Kier molecular flexibility index (Phi) is 6.35. The molecular weight excluding hydrogens is 351 g/mol. The van der Waals surface area contributed by atoms with Crippen LogP contribution >= 0.6 is 23.2 Å². The van der Waals surface area contributed by atoms with Gasteiger partial charge < -0.3 is 15.3 Å². The molecule has 0 aromatic heterocycles. The fourth-order valence-electron chi connectivity index (χ4n) is 2.99. The fourth-order valence-corrected chi connectivity index (χ4v) is 3.55. The number of halogens is 2. The van der Waals surface area contributed by atoms with E-state index in [1.54, 1.807) is 24.1 Å². The van der Waals surface area contributed by atoms with Gasteiger partial charge >= 0.3 is 12.0 Å². The van der Waals surface area contributed by atoms with Gasteiger partial charge in [-0.05, 0) is 50.3 Å². The number of hydrogen-bond acceptors (Lipinski definition) is 2. The molecule has 2 rings (SSSR count). The van der Waals surface area contributed by atoms with Gasteiger partial charge in [0, 0.05) is 23.1 Å². The van der Waals surface area contributed by atoms with E-state index >= 15 is 0 Å². The van der Waals surface area contributed by atoms with E-state index in [4.69, 9.17) is 28.3 Å². The van der Waals surface area contributed by atoms with E-state index in [1.165, 1.54) is 0 Å². The summed E-state index contributed by atoms with van der Waals surface area (Å²) >= 11 is 12.1. The highest BCUT2D eigenvalue weighted by atomic mass is 35.5. The van der Waals surface area contributed by atoms with Gasteiger partial charge in [0.1, 0.15) is 0 Å². The lowest BCUT2D eigenvalue weighted by atomic mass is 9.86. The molecule has 0 spiro atoms. The van der Waals surface area contributed by atoms with Gasteiger partial charge in [-0.2, -0.15) is 0 Å². The quantitative estimate of drug-likeness (QED) is 0.825. The van der Waals surface area contributed by atoms with Crippen molar-refractivity contribution in [2.24, 2.45) is 5.92 Å². The Labute approximate surface area is 151 Å². The predicted molar refractivity (Wildman–Crippen MR) is 94.6 cm³/mol. The molecule has 1 aliphatic carbocycles. The van der Waals surface area contributed by atoms with Crippen LogP contribution in [0.4, 0.5) is 4.79 Å². The number of rotatable bonds is 4. The van der Waals surface area contributed by atoms with Crippen LogP contribution in [-0.2, 0) is 4.79 Å². The number of carbonyl (C=O) groups excluding carboxylic acids is 1. The molecule has 0 aliphatic heterocycles. The number of aliphatic carboxylic acids is 1. The van der Waals surface area contributed by atoms with E-state index in [9.17, 15) is 9.59 Å². The van der Waals surface area contributed by atoms with Gasteiger partial charge in [-0.1, -0.05) is 29.3 Å². The van der Waals surface area contributed by atoms with Gasteiger partial charge in [0.15, 0.2) is 0 Å². The average Bonchev–Trinajstić information content (AvgIpc) is 2.54. The summed E-state index contributed by atoms with van der Waals surface area (Å²) in [6.07, 6.45) is 2.57. The third-order valence-electron chi connectivity index (χ3n) is 4.72. The number of amides is 2. The minimum atomic E-state index is -0.747. The fraction of sp³-hybridized carbons (Fsp3) is 0.529. The van der Waals surface area contributed by atoms with Crippen LogP contribution in [-0.4, -0.2) is 35.1 Å². The number of hydrogen-bond donors (Lipinski definition) is 2. The highest BCUT2D eigenvalue weighted by molar-refractivity contribution is 6.35. The summed E-state index contributed by atoms with van der Waals surface area (Å²) in [6.45, 7) is 1.90. The lowest BCUT2D eigenvalue weighted by molar-refractivity contribution is -0.142. The first-order valence-electron chi connectivity index (χ1n) is 8.00. The standard InChI is InChI=1S/C17H22Cl2N2O3/c1-10(14-8-5-12(18)9-15(14)19)21(2)17(24)20-13-6-3-11(4-7-13)16(22)23/h5,8-11,13H,3-4,6-7H2,1-2H3,(H,20,24)(H,22,23). The molecule has 0 saturated heterocycles. The van der Waals surface area contributed by atoms with Gasteiger partial charge in [0.2, 0.25) is 0 Å². The van der Waals surface area contributed by atoms with Crippen molar-refractivity contribution in [3.8, 4) is 0 Å². The topological polar surface area (TPSA) is 69.6 Å². The Morgan fingerprint density at radius 1 is 1.25 bits per heavy atom. The molecule has 1 aliphatic rings. The van der Waals surface area contributed by atoms with Gasteiger partial charge in [-0.15, -0.1) is 0 Å². The summed E-state index contributed by atoms with van der Waals surface area (Å²) in [5.41, 5.74) is 0.827. The molecule has 1 fully saturated rings.